The summed E-state index contributed by atoms with van der Waals surface area (Å²) < 4.78 is 5.70. The fourth-order valence-electron chi connectivity index (χ4n) is 2.21. The summed E-state index contributed by atoms with van der Waals surface area (Å²) in [6, 6.07) is 5.46. The Morgan fingerprint density at radius 2 is 1.71 bits per heavy atom. The number of rotatable bonds is 11. The third-order valence-corrected chi connectivity index (χ3v) is 4.01. The number of hydrogen-bond acceptors (Lipinski definition) is 2. The van der Waals surface area contributed by atoms with Crippen molar-refractivity contribution in [3.63, 3.8) is 0 Å². The Morgan fingerprint density at radius 1 is 1.10 bits per heavy atom. The number of nitrogens with two attached hydrogens (primary N) is 1. The van der Waals surface area contributed by atoms with Crippen LogP contribution in [0.3, 0.4) is 0 Å². The van der Waals surface area contributed by atoms with E-state index in [0.717, 1.165) is 18.8 Å². The number of ether oxygens (including phenoxy) is 1. The van der Waals surface area contributed by atoms with Crippen molar-refractivity contribution in [3.8, 4) is 5.75 Å². The van der Waals surface area contributed by atoms with Crippen molar-refractivity contribution < 1.29 is 4.74 Å². The quantitative estimate of drug-likeness (QED) is 0.431. The highest BCUT2D eigenvalue weighted by molar-refractivity contribution is 7.80. The van der Waals surface area contributed by atoms with E-state index in [1.54, 1.807) is 6.07 Å². The molecule has 0 fully saturated rings. The third-order valence-electron chi connectivity index (χ3n) is 3.47. The zero-order valence-electron chi connectivity index (χ0n) is 12.9. The van der Waals surface area contributed by atoms with Crippen LogP contribution in [0.15, 0.2) is 18.2 Å². The molecule has 1 aromatic rings. The van der Waals surface area contributed by atoms with Crippen molar-refractivity contribution >= 4 is 28.8 Å². The van der Waals surface area contributed by atoms with E-state index in [2.05, 4.69) is 6.92 Å². The number of unbranched alkanes of at least 4 members (excludes halogenated alkanes) is 7. The molecule has 118 valence electrons. The summed E-state index contributed by atoms with van der Waals surface area (Å²) in [6.45, 7) is 2.98. The van der Waals surface area contributed by atoms with E-state index in [1.165, 1.54) is 44.9 Å². The van der Waals surface area contributed by atoms with Gasteiger partial charge >= 0.3 is 0 Å². The van der Waals surface area contributed by atoms with Gasteiger partial charge in [-0.3, -0.25) is 0 Å². The number of halogens is 1. The highest BCUT2D eigenvalue weighted by Crippen LogP contribution is 2.22. The van der Waals surface area contributed by atoms with Crippen LogP contribution in [0.1, 0.15) is 63.9 Å². The van der Waals surface area contributed by atoms with Gasteiger partial charge in [-0.1, -0.05) is 75.7 Å². The monoisotopic (exact) mass is 327 g/mol. The van der Waals surface area contributed by atoms with Crippen LogP contribution in [-0.2, 0) is 0 Å². The van der Waals surface area contributed by atoms with E-state index in [0.29, 0.717) is 15.6 Å². The second-order valence-corrected chi connectivity index (χ2v) is 6.18. The second kappa shape index (κ2) is 10.9. The number of thiocarbonyl (C=S) groups is 1. The SMILES string of the molecule is CCCCCCCCCCOc1ccc(C(N)=S)c(Cl)c1. The average Bonchev–Trinajstić information content (AvgIpc) is 2.45. The first kappa shape index (κ1) is 18.2. The molecule has 0 heterocycles. The number of hydrogen-bond donors (Lipinski definition) is 1. The first-order valence-corrected chi connectivity index (χ1v) is 8.66. The standard InChI is InChI=1S/C17H26ClNOS/c1-2-3-4-5-6-7-8-9-12-20-14-10-11-15(17(19)21)16(18)13-14/h10-11,13H,2-9,12H2,1H3,(H2,19,21). The maximum atomic E-state index is 6.10. The molecule has 0 spiro atoms. The minimum Gasteiger partial charge on any atom is -0.494 e. The van der Waals surface area contributed by atoms with Crippen molar-refractivity contribution in [2.24, 2.45) is 5.73 Å². The molecule has 0 aliphatic heterocycles. The first-order valence-electron chi connectivity index (χ1n) is 7.87. The molecule has 0 aliphatic rings. The molecule has 0 saturated carbocycles. The van der Waals surface area contributed by atoms with E-state index in [1.807, 2.05) is 12.1 Å². The highest BCUT2D eigenvalue weighted by atomic mass is 35.5. The minimum absolute atomic E-state index is 0.314. The van der Waals surface area contributed by atoms with E-state index in [-0.39, 0.29) is 0 Å². The lowest BCUT2D eigenvalue weighted by Crippen LogP contribution is -2.10. The molecule has 1 aromatic carbocycles. The summed E-state index contributed by atoms with van der Waals surface area (Å²) in [5.74, 6) is 0.781. The van der Waals surface area contributed by atoms with Gasteiger partial charge in [-0.25, -0.2) is 0 Å². The van der Waals surface area contributed by atoms with Gasteiger partial charge in [0.1, 0.15) is 10.7 Å². The van der Waals surface area contributed by atoms with E-state index in [4.69, 9.17) is 34.3 Å². The summed E-state index contributed by atoms with van der Waals surface area (Å²) in [5.41, 5.74) is 6.27. The molecule has 2 nitrogen and oxygen atoms in total. The zero-order valence-corrected chi connectivity index (χ0v) is 14.4. The molecule has 0 amide bonds. The Balaban J connectivity index is 2.13. The summed E-state index contributed by atoms with van der Waals surface area (Å²) in [7, 11) is 0. The van der Waals surface area contributed by atoms with Crippen LogP contribution in [0.4, 0.5) is 0 Å². The van der Waals surface area contributed by atoms with Gasteiger partial charge in [0, 0.05) is 5.56 Å². The molecule has 0 bridgehead atoms. The van der Waals surface area contributed by atoms with Crippen LogP contribution in [0, 0.1) is 0 Å². The normalized spacial score (nSPS) is 10.6. The highest BCUT2D eigenvalue weighted by Gasteiger charge is 2.04. The summed E-state index contributed by atoms with van der Waals surface area (Å²) in [6.07, 6.45) is 10.4. The van der Waals surface area contributed by atoms with Gasteiger partial charge in [0.2, 0.25) is 0 Å². The molecular weight excluding hydrogens is 302 g/mol. The Bertz CT molecular complexity index is 437. The number of benzene rings is 1. The van der Waals surface area contributed by atoms with E-state index >= 15 is 0 Å². The Hall–Kier alpha value is -0.800. The van der Waals surface area contributed by atoms with Gasteiger partial charge in [-0.15, -0.1) is 0 Å². The molecule has 0 aromatic heterocycles. The Morgan fingerprint density at radius 3 is 2.29 bits per heavy atom. The summed E-state index contributed by atoms with van der Waals surface area (Å²) in [5, 5.41) is 0.552. The largest absolute Gasteiger partial charge is 0.494 e. The molecule has 0 atom stereocenters. The lowest BCUT2D eigenvalue weighted by Gasteiger charge is -2.08. The second-order valence-electron chi connectivity index (χ2n) is 5.33. The lowest BCUT2D eigenvalue weighted by atomic mass is 10.1. The van der Waals surface area contributed by atoms with Crippen LogP contribution in [-0.4, -0.2) is 11.6 Å². The van der Waals surface area contributed by atoms with Gasteiger partial charge in [0.25, 0.3) is 0 Å². The van der Waals surface area contributed by atoms with Crippen LogP contribution in [0.25, 0.3) is 0 Å². The smallest absolute Gasteiger partial charge is 0.120 e. The van der Waals surface area contributed by atoms with Gasteiger partial charge in [-0.2, -0.15) is 0 Å². The maximum absolute atomic E-state index is 6.10. The van der Waals surface area contributed by atoms with Gasteiger partial charge < -0.3 is 10.5 Å². The van der Waals surface area contributed by atoms with Crippen LogP contribution in [0.5, 0.6) is 5.75 Å². The fourth-order valence-corrected chi connectivity index (χ4v) is 2.72. The minimum atomic E-state index is 0.314. The van der Waals surface area contributed by atoms with Crippen molar-refractivity contribution in [1.82, 2.24) is 0 Å². The molecule has 0 radical (unpaired) electrons. The first-order chi connectivity index (χ1) is 10.1. The predicted octanol–water partition coefficient (Wildman–Crippen LogP) is 5.49. The molecule has 0 unspecified atom stereocenters. The van der Waals surface area contributed by atoms with Gasteiger partial charge in [0.15, 0.2) is 0 Å². The summed E-state index contributed by atoms with van der Waals surface area (Å²) >= 11 is 11.0. The van der Waals surface area contributed by atoms with Gasteiger partial charge in [0.05, 0.1) is 11.6 Å². The molecule has 0 aliphatic carbocycles. The predicted molar refractivity (Wildman–Crippen MR) is 95.4 cm³/mol. The molecule has 21 heavy (non-hydrogen) atoms. The van der Waals surface area contributed by atoms with Crippen LogP contribution < -0.4 is 10.5 Å². The fraction of sp³-hybridized carbons (Fsp3) is 0.588. The van der Waals surface area contributed by atoms with E-state index in [9.17, 15) is 0 Å². The lowest BCUT2D eigenvalue weighted by molar-refractivity contribution is 0.304. The van der Waals surface area contributed by atoms with Crippen molar-refractivity contribution in [2.75, 3.05) is 6.61 Å². The molecule has 4 heteroatoms. The topological polar surface area (TPSA) is 35.2 Å². The van der Waals surface area contributed by atoms with Crippen LogP contribution in [0.2, 0.25) is 5.02 Å². The Kier molecular flexibility index (Phi) is 9.44. The van der Waals surface area contributed by atoms with E-state index < -0.39 is 0 Å². The van der Waals surface area contributed by atoms with Crippen molar-refractivity contribution in [2.45, 2.75) is 58.3 Å². The van der Waals surface area contributed by atoms with Crippen LogP contribution >= 0.6 is 23.8 Å². The Labute approximate surface area is 139 Å². The molecule has 2 N–H and O–H groups in total. The maximum Gasteiger partial charge on any atom is 0.120 e. The molecule has 0 saturated heterocycles. The van der Waals surface area contributed by atoms with Gasteiger partial charge in [-0.05, 0) is 24.6 Å². The molecule has 1 rings (SSSR count). The molecular formula is C17H26ClNOS. The van der Waals surface area contributed by atoms with Crippen molar-refractivity contribution in [3.05, 3.63) is 28.8 Å². The third kappa shape index (κ3) is 7.68. The summed E-state index contributed by atoms with van der Waals surface area (Å²) in [4.78, 5) is 0.314. The average molecular weight is 328 g/mol. The van der Waals surface area contributed by atoms with Crippen molar-refractivity contribution in [1.29, 1.82) is 0 Å². The zero-order chi connectivity index (χ0) is 15.5.